The van der Waals surface area contributed by atoms with E-state index in [1.165, 1.54) is 32.1 Å². The minimum Gasteiger partial charge on any atom is -0.352 e. The predicted octanol–water partition coefficient (Wildman–Crippen LogP) is 0.729. The fourth-order valence-electron chi connectivity index (χ4n) is 2.42. The number of nitrogens with zero attached hydrogens (tertiary/aromatic N) is 1. The van der Waals surface area contributed by atoms with E-state index in [0.29, 0.717) is 18.6 Å². The molecule has 4 heteroatoms. The molecule has 0 bridgehead atoms. The summed E-state index contributed by atoms with van der Waals surface area (Å²) in [6, 6.07) is 1.07. The Hall–Kier alpha value is -0.610. The van der Waals surface area contributed by atoms with Crippen molar-refractivity contribution in [3.63, 3.8) is 0 Å². The third-order valence-electron chi connectivity index (χ3n) is 3.50. The zero-order chi connectivity index (χ0) is 12.1. The van der Waals surface area contributed by atoms with Gasteiger partial charge in [0, 0.05) is 18.6 Å². The van der Waals surface area contributed by atoms with Crippen LogP contribution >= 0.6 is 0 Å². The molecule has 1 saturated heterocycles. The SMILES string of the molecule is CCCNC1CCCN(CC(=O)NC2CC2)C1. The highest BCUT2D eigenvalue weighted by molar-refractivity contribution is 5.78. The third-order valence-corrected chi connectivity index (χ3v) is 3.50. The van der Waals surface area contributed by atoms with Gasteiger partial charge in [0.2, 0.25) is 5.91 Å². The first-order valence-electron chi connectivity index (χ1n) is 7.03. The van der Waals surface area contributed by atoms with Gasteiger partial charge in [0.1, 0.15) is 0 Å². The Bertz CT molecular complexity index is 253. The first-order chi connectivity index (χ1) is 8.28. The van der Waals surface area contributed by atoms with Crippen molar-refractivity contribution in [2.24, 2.45) is 0 Å². The molecular weight excluding hydrogens is 214 g/mol. The van der Waals surface area contributed by atoms with Crippen LogP contribution in [-0.2, 0) is 4.79 Å². The summed E-state index contributed by atoms with van der Waals surface area (Å²) in [5.41, 5.74) is 0. The first-order valence-corrected chi connectivity index (χ1v) is 7.03. The standard InChI is InChI=1S/C13H25N3O/c1-2-7-14-12-4-3-8-16(9-12)10-13(17)15-11-5-6-11/h11-12,14H,2-10H2,1H3,(H,15,17). The summed E-state index contributed by atoms with van der Waals surface area (Å²) < 4.78 is 0. The van der Waals surface area contributed by atoms with Crippen LogP contribution < -0.4 is 10.6 Å². The number of hydrogen-bond acceptors (Lipinski definition) is 3. The number of piperidine rings is 1. The maximum atomic E-state index is 11.7. The number of amides is 1. The van der Waals surface area contributed by atoms with Crippen LogP contribution in [0.3, 0.4) is 0 Å². The molecule has 1 amide bonds. The molecule has 0 aromatic rings. The van der Waals surface area contributed by atoms with E-state index in [2.05, 4.69) is 22.5 Å². The van der Waals surface area contributed by atoms with Crippen molar-refractivity contribution in [1.29, 1.82) is 0 Å². The van der Waals surface area contributed by atoms with Crippen LogP contribution in [0, 0.1) is 0 Å². The van der Waals surface area contributed by atoms with Gasteiger partial charge in [-0.2, -0.15) is 0 Å². The van der Waals surface area contributed by atoms with E-state index >= 15 is 0 Å². The molecule has 0 aromatic heterocycles. The molecule has 2 rings (SSSR count). The maximum absolute atomic E-state index is 11.7. The molecule has 0 spiro atoms. The second-order valence-corrected chi connectivity index (χ2v) is 5.37. The van der Waals surface area contributed by atoms with Crippen molar-refractivity contribution in [3.05, 3.63) is 0 Å². The second kappa shape index (κ2) is 6.36. The van der Waals surface area contributed by atoms with E-state index in [4.69, 9.17) is 0 Å². The highest BCUT2D eigenvalue weighted by Gasteiger charge is 2.25. The number of carbonyl (C=O) groups is 1. The molecule has 98 valence electrons. The monoisotopic (exact) mass is 239 g/mol. The Morgan fingerprint density at radius 3 is 2.82 bits per heavy atom. The molecule has 2 aliphatic rings. The summed E-state index contributed by atoms with van der Waals surface area (Å²) in [5, 5.41) is 6.61. The number of hydrogen-bond donors (Lipinski definition) is 2. The van der Waals surface area contributed by atoms with Crippen LogP contribution in [0.1, 0.15) is 39.0 Å². The van der Waals surface area contributed by atoms with Crippen LogP contribution in [0.25, 0.3) is 0 Å². The Kier molecular flexibility index (Phi) is 4.80. The maximum Gasteiger partial charge on any atom is 0.234 e. The quantitative estimate of drug-likeness (QED) is 0.718. The molecule has 0 aromatic carbocycles. The lowest BCUT2D eigenvalue weighted by Crippen LogP contribution is -2.49. The largest absolute Gasteiger partial charge is 0.352 e. The van der Waals surface area contributed by atoms with E-state index in [9.17, 15) is 4.79 Å². The zero-order valence-electron chi connectivity index (χ0n) is 10.9. The molecule has 2 fully saturated rings. The average molecular weight is 239 g/mol. The van der Waals surface area contributed by atoms with Crippen LogP contribution in [-0.4, -0.2) is 49.1 Å². The van der Waals surface area contributed by atoms with Crippen molar-refractivity contribution >= 4 is 5.91 Å². The molecule has 1 unspecified atom stereocenters. The highest BCUT2D eigenvalue weighted by Crippen LogP contribution is 2.18. The molecule has 1 heterocycles. The summed E-state index contributed by atoms with van der Waals surface area (Å²) in [6.07, 6.45) is 5.98. The summed E-state index contributed by atoms with van der Waals surface area (Å²) in [7, 11) is 0. The number of likely N-dealkylation sites (tertiary alicyclic amines) is 1. The van der Waals surface area contributed by atoms with Crippen molar-refractivity contribution in [2.45, 2.75) is 51.1 Å². The lowest BCUT2D eigenvalue weighted by atomic mass is 10.1. The van der Waals surface area contributed by atoms with Gasteiger partial charge in [0.15, 0.2) is 0 Å². The Morgan fingerprint density at radius 2 is 2.12 bits per heavy atom. The summed E-state index contributed by atoms with van der Waals surface area (Å²) in [4.78, 5) is 14.0. The van der Waals surface area contributed by atoms with Gasteiger partial charge < -0.3 is 10.6 Å². The normalized spacial score (nSPS) is 25.8. The summed E-state index contributed by atoms with van der Waals surface area (Å²) in [6.45, 7) is 5.96. The average Bonchev–Trinajstić information content (AvgIpc) is 3.10. The fraction of sp³-hybridized carbons (Fsp3) is 0.923. The van der Waals surface area contributed by atoms with Crippen molar-refractivity contribution in [1.82, 2.24) is 15.5 Å². The smallest absolute Gasteiger partial charge is 0.234 e. The Labute approximate surface area is 104 Å². The van der Waals surface area contributed by atoms with Crippen molar-refractivity contribution in [3.8, 4) is 0 Å². The minimum atomic E-state index is 0.212. The number of rotatable bonds is 6. The van der Waals surface area contributed by atoms with Gasteiger partial charge in [0.25, 0.3) is 0 Å². The summed E-state index contributed by atoms with van der Waals surface area (Å²) in [5.74, 6) is 0.212. The van der Waals surface area contributed by atoms with E-state index < -0.39 is 0 Å². The molecule has 1 atom stereocenters. The Morgan fingerprint density at radius 1 is 1.29 bits per heavy atom. The van der Waals surface area contributed by atoms with E-state index in [-0.39, 0.29) is 5.91 Å². The lowest BCUT2D eigenvalue weighted by Gasteiger charge is -2.32. The van der Waals surface area contributed by atoms with Crippen molar-refractivity contribution in [2.75, 3.05) is 26.2 Å². The molecule has 0 radical (unpaired) electrons. The second-order valence-electron chi connectivity index (χ2n) is 5.37. The predicted molar refractivity (Wildman–Crippen MR) is 68.9 cm³/mol. The van der Waals surface area contributed by atoms with Gasteiger partial charge >= 0.3 is 0 Å². The van der Waals surface area contributed by atoms with Gasteiger partial charge in [-0.05, 0) is 45.2 Å². The van der Waals surface area contributed by atoms with Crippen LogP contribution in [0.15, 0.2) is 0 Å². The molecule has 1 aliphatic carbocycles. The van der Waals surface area contributed by atoms with Gasteiger partial charge in [-0.3, -0.25) is 9.69 Å². The zero-order valence-corrected chi connectivity index (χ0v) is 10.9. The van der Waals surface area contributed by atoms with Crippen LogP contribution in [0.4, 0.5) is 0 Å². The lowest BCUT2D eigenvalue weighted by molar-refractivity contribution is -0.122. The van der Waals surface area contributed by atoms with Gasteiger partial charge in [-0.15, -0.1) is 0 Å². The van der Waals surface area contributed by atoms with Crippen molar-refractivity contribution < 1.29 is 4.79 Å². The molecular formula is C13H25N3O. The molecule has 2 N–H and O–H groups in total. The fourth-order valence-corrected chi connectivity index (χ4v) is 2.42. The topological polar surface area (TPSA) is 44.4 Å². The van der Waals surface area contributed by atoms with E-state index in [1.807, 2.05) is 0 Å². The Balaban J connectivity index is 1.66. The first kappa shape index (κ1) is 12.8. The minimum absolute atomic E-state index is 0.212. The number of carbonyl (C=O) groups excluding carboxylic acids is 1. The van der Waals surface area contributed by atoms with E-state index in [1.54, 1.807) is 0 Å². The van der Waals surface area contributed by atoms with Crippen LogP contribution in [0.2, 0.25) is 0 Å². The van der Waals surface area contributed by atoms with E-state index in [0.717, 1.165) is 19.6 Å². The highest BCUT2D eigenvalue weighted by atomic mass is 16.2. The van der Waals surface area contributed by atoms with Crippen LogP contribution in [0.5, 0.6) is 0 Å². The molecule has 1 saturated carbocycles. The molecule has 4 nitrogen and oxygen atoms in total. The number of nitrogens with one attached hydrogen (secondary N) is 2. The summed E-state index contributed by atoms with van der Waals surface area (Å²) >= 11 is 0. The molecule has 1 aliphatic heterocycles. The third kappa shape index (κ3) is 4.64. The van der Waals surface area contributed by atoms with Gasteiger partial charge in [-0.1, -0.05) is 6.92 Å². The molecule has 17 heavy (non-hydrogen) atoms. The van der Waals surface area contributed by atoms with Gasteiger partial charge in [-0.25, -0.2) is 0 Å². The van der Waals surface area contributed by atoms with Gasteiger partial charge in [0.05, 0.1) is 6.54 Å².